The van der Waals surface area contributed by atoms with Crippen molar-refractivity contribution in [2.45, 2.75) is 24.3 Å². The number of carbonyl (C=O) groups is 2. The quantitative estimate of drug-likeness (QED) is 0.685. The molecule has 29 heavy (non-hydrogen) atoms. The second kappa shape index (κ2) is 5.72. The van der Waals surface area contributed by atoms with Gasteiger partial charge in [-0.05, 0) is 43.6 Å². The number of carbonyl (C=O) groups excluding carboxylic acids is 2. The number of ether oxygens (including phenoxy) is 2. The molecule has 6 heteroatoms. The number of fused-ring (bicyclic) bond motifs is 6. The lowest BCUT2D eigenvalue weighted by atomic mass is 9.56. The molecule has 0 unspecified atom stereocenters. The molecule has 5 aliphatic heterocycles. The topological polar surface area (TPSA) is 59.1 Å². The van der Waals surface area contributed by atoms with E-state index in [4.69, 9.17) is 9.47 Å². The molecule has 7 rings (SSSR count). The van der Waals surface area contributed by atoms with Crippen molar-refractivity contribution in [3.05, 3.63) is 47.2 Å². The van der Waals surface area contributed by atoms with Crippen LogP contribution in [0.2, 0.25) is 0 Å². The van der Waals surface area contributed by atoms with Crippen molar-refractivity contribution >= 4 is 17.4 Å². The molecule has 1 amide bonds. The van der Waals surface area contributed by atoms with Gasteiger partial charge in [-0.1, -0.05) is 17.7 Å². The summed E-state index contributed by atoms with van der Waals surface area (Å²) < 4.78 is 11.7. The lowest BCUT2D eigenvalue weighted by Gasteiger charge is -2.50. The number of anilines is 1. The zero-order valence-corrected chi connectivity index (χ0v) is 16.7. The molecule has 6 aliphatic rings. The van der Waals surface area contributed by atoms with Gasteiger partial charge in [0.05, 0.1) is 24.3 Å². The monoisotopic (exact) mass is 392 g/mol. The zero-order valence-electron chi connectivity index (χ0n) is 16.7. The fraction of sp³-hybridized carbons (Fsp3) is 0.478. The van der Waals surface area contributed by atoms with Crippen LogP contribution in [0, 0.1) is 11.8 Å². The summed E-state index contributed by atoms with van der Waals surface area (Å²) in [6.45, 7) is 2.10. The molecule has 0 aromatic heterocycles. The van der Waals surface area contributed by atoms with E-state index in [1.807, 2.05) is 23.1 Å². The van der Waals surface area contributed by atoms with E-state index >= 15 is 0 Å². The molecule has 4 atom stereocenters. The van der Waals surface area contributed by atoms with Crippen LogP contribution in [0.15, 0.2) is 41.7 Å². The molecule has 1 spiro atoms. The van der Waals surface area contributed by atoms with Crippen molar-refractivity contribution in [1.82, 2.24) is 4.90 Å². The number of methoxy groups -OCH3 is 1. The SMILES string of the molecule is COc1cccc2c1N1C(=O)C=C3OCC=C4CN(C)CC[C@]25C(=O)C[C@@H]4[C@@H]3[C@H]15. The highest BCUT2D eigenvalue weighted by molar-refractivity contribution is 6.11. The molecule has 1 aliphatic carbocycles. The van der Waals surface area contributed by atoms with Crippen LogP contribution in [0.3, 0.4) is 0 Å². The van der Waals surface area contributed by atoms with E-state index in [0.717, 1.165) is 30.1 Å². The Hall–Kier alpha value is -2.60. The number of rotatable bonds is 1. The summed E-state index contributed by atoms with van der Waals surface area (Å²) in [5.41, 5.74) is 2.27. The van der Waals surface area contributed by atoms with Crippen molar-refractivity contribution in [3.63, 3.8) is 0 Å². The summed E-state index contributed by atoms with van der Waals surface area (Å²) in [5, 5.41) is 0. The van der Waals surface area contributed by atoms with Crippen LogP contribution in [0.5, 0.6) is 5.75 Å². The van der Waals surface area contributed by atoms with Gasteiger partial charge in [-0.15, -0.1) is 0 Å². The van der Waals surface area contributed by atoms with E-state index in [-0.39, 0.29) is 29.6 Å². The zero-order chi connectivity index (χ0) is 19.9. The average Bonchev–Trinajstić information content (AvgIpc) is 2.96. The Balaban J connectivity index is 1.70. The van der Waals surface area contributed by atoms with Crippen LogP contribution in [0.1, 0.15) is 18.4 Å². The van der Waals surface area contributed by atoms with E-state index in [9.17, 15) is 9.59 Å². The standard InChI is InChI=1S/C23H24N2O4/c1-24-8-7-23-15-4-3-5-16(28-2)21(15)25-19(27)11-17-20(22(23)25)14(10-18(23)26)13(12-24)6-9-29-17/h3-6,11,14,20,22H,7-10,12H2,1-2H3/t14-,20-,22-,23+/m0/s1. The number of hydrogen-bond donors (Lipinski definition) is 0. The van der Waals surface area contributed by atoms with Gasteiger partial charge in [0.1, 0.15) is 23.9 Å². The maximum atomic E-state index is 13.9. The molecule has 5 heterocycles. The smallest absolute Gasteiger partial charge is 0.254 e. The average molecular weight is 392 g/mol. The molecule has 3 fully saturated rings. The summed E-state index contributed by atoms with van der Waals surface area (Å²) in [5.74, 6) is 1.62. The minimum atomic E-state index is -0.711. The first-order valence-electron chi connectivity index (χ1n) is 10.3. The number of amides is 1. The summed E-state index contributed by atoms with van der Waals surface area (Å²) in [6, 6.07) is 5.59. The van der Waals surface area contributed by atoms with Gasteiger partial charge in [0.25, 0.3) is 5.91 Å². The Labute approximate surface area is 169 Å². The predicted molar refractivity (Wildman–Crippen MR) is 107 cm³/mol. The molecular weight excluding hydrogens is 368 g/mol. The predicted octanol–water partition coefficient (Wildman–Crippen LogP) is 2.04. The number of benzene rings is 1. The van der Waals surface area contributed by atoms with Gasteiger partial charge < -0.3 is 14.4 Å². The lowest BCUT2D eigenvalue weighted by molar-refractivity contribution is -0.131. The van der Waals surface area contributed by atoms with Gasteiger partial charge in [-0.3, -0.25) is 14.5 Å². The van der Waals surface area contributed by atoms with Gasteiger partial charge in [0.15, 0.2) is 0 Å². The molecule has 0 N–H and O–H groups in total. The number of Topliss-reactive ketones (excluding diaryl/α,β-unsaturated/α-hetero) is 1. The van der Waals surface area contributed by atoms with Crippen LogP contribution < -0.4 is 9.64 Å². The van der Waals surface area contributed by atoms with Crippen molar-refractivity contribution < 1.29 is 19.1 Å². The third-order valence-corrected chi connectivity index (χ3v) is 7.64. The van der Waals surface area contributed by atoms with Crippen molar-refractivity contribution in [1.29, 1.82) is 0 Å². The van der Waals surface area contributed by atoms with E-state index < -0.39 is 5.41 Å². The largest absolute Gasteiger partial charge is 0.495 e. The fourth-order valence-corrected chi connectivity index (χ4v) is 6.47. The second-order valence-corrected chi connectivity index (χ2v) is 8.86. The maximum Gasteiger partial charge on any atom is 0.254 e. The fourth-order valence-electron chi connectivity index (χ4n) is 6.47. The first-order chi connectivity index (χ1) is 14.1. The highest BCUT2D eigenvalue weighted by Gasteiger charge is 2.67. The highest BCUT2D eigenvalue weighted by Crippen LogP contribution is 2.62. The second-order valence-electron chi connectivity index (χ2n) is 8.86. The van der Waals surface area contributed by atoms with Gasteiger partial charge in [-0.25, -0.2) is 0 Å². The van der Waals surface area contributed by atoms with Crippen LogP contribution >= 0.6 is 0 Å². The molecule has 2 saturated heterocycles. The number of likely N-dealkylation sites (N-methyl/N-ethyl adjacent to an activating group) is 1. The van der Waals surface area contributed by atoms with Crippen molar-refractivity contribution in [2.24, 2.45) is 11.8 Å². The van der Waals surface area contributed by atoms with E-state index in [1.54, 1.807) is 13.2 Å². The number of para-hydroxylation sites is 1. The molecule has 1 aromatic carbocycles. The highest BCUT2D eigenvalue weighted by atomic mass is 16.5. The van der Waals surface area contributed by atoms with Gasteiger partial charge in [0, 0.05) is 25.0 Å². The van der Waals surface area contributed by atoms with Crippen LogP contribution in [-0.2, 0) is 19.7 Å². The first-order valence-corrected chi connectivity index (χ1v) is 10.3. The Morgan fingerprint density at radius 2 is 2.14 bits per heavy atom. The molecule has 150 valence electrons. The Morgan fingerprint density at radius 1 is 1.28 bits per heavy atom. The molecule has 4 bridgehead atoms. The molecule has 1 aromatic rings. The third-order valence-electron chi connectivity index (χ3n) is 7.64. The van der Waals surface area contributed by atoms with E-state index in [1.165, 1.54) is 5.57 Å². The first kappa shape index (κ1) is 17.3. The molecule has 6 nitrogen and oxygen atoms in total. The minimum Gasteiger partial charge on any atom is -0.495 e. The van der Waals surface area contributed by atoms with Crippen LogP contribution in [0.4, 0.5) is 5.69 Å². The number of ketones is 1. The third kappa shape index (κ3) is 2.00. The Bertz CT molecular complexity index is 1010. The molecular formula is C23H24N2O4. The van der Waals surface area contributed by atoms with Crippen molar-refractivity contribution in [3.8, 4) is 5.75 Å². The van der Waals surface area contributed by atoms with Gasteiger partial charge in [0.2, 0.25) is 0 Å². The summed E-state index contributed by atoms with van der Waals surface area (Å²) >= 11 is 0. The number of nitrogens with zero attached hydrogens (tertiary/aromatic N) is 2. The van der Waals surface area contributed by atoms with Gasteiger partial charge >= 0.3 is 0 Å². The maximum absolute atomic E-state index is 13.9. The Morgan fingerprint density at radius 3 is 2.97 bits per heavy atom. The minimum absolute atomic E-state index is 0.00255. The van der Waals surface area contributed by atoms with E-state index in [2.05, 4.69) is 18.0 Å². The summed E-state index contributed by atoms with van der Waals surface area (Å²) in [4.78, 5) is 31.4. The van der Waals surface area contributed by atoms with Crippen LogP contribution in [-0.4, -0.2) is 56.5 Å². The lowest BCUT2D eigenvalue weighted by Crippen LogP contribution is -2.62. The molecule has 1 saturated carbocycles. The number of hydrogen-bond acceptors (Lipinski definition) is 5. The summed E-state index contributed by atoms with van der Waals surface area (Å²) in [6.07, 6.45) is 4.97. The summed E-state index contributed by atoms with van der Waals surface area (Å²) in [7, 11) is 3.74. The molecule has 0 radical (unpaired) electrons. The normalized spacial score (nSPS) is 35.0. The van der Waals surface area contributed by atoms with Gasteiger partial charge in [-0.2, -0.15) is 0 Å². The van der Waals surface area contributed by atoms with Crippen molar-refractivity contribution in [2.75, 3.05) is 38.8 Å². The van der Waals surface area contributed by atoms with E-state index in [0.29, 0.717) is 25.2 Å². The van der Waals surface area contributed by atoms with Crippen LogP contribution in [0.25, 0.3) is 0 Å². The Kier molecular flexibility index (Phi) is 3.41.